The Bertz CT molecular complexity index is 1620. The number of rotatable bonds is 10. The van der Waals surface area contributed by atoms with E-state index in [0.717, 1.165) is 29.7 Å². The van der Waals surface area contributed by atoms with Crippen LogP contribution in [0.5, 0.6) is 11.5 Å². The predicted molar refractivity (Wildman–Crippen MR) is 162 cm³/mol. The zero-order chi connectivity index (χ0) is 29.0. The average molecular weight is 629 g/mol. The number of aromatic hydroxyl groups is 1. The van der Waals surface area contributed by atoms with E-state index in [2.05, 4.69) is 34.7 Å². The van der Waals surface area contributed by atoms with Gasteiger partial charge < -0.3 is 19.5 Å². The molecule has 1 aliphatic rings. The molecule has 0 spiro atoms. The lowest BCUT2D eigenvalue weighted by molar-refractivity contribution is -0.139. The van der Waals surface area contributed by atoms with E-state index in [0.29, 0.717) is 43.9 Å². The second-order valence-electron chi connectivity index (χ2n) is 9.22. The highest BCUT2D eigenvalue weighted by molar-refractivity contribution is 9.10. The van der Waals surface area contributed by atoms with Gasteiger partial charge in [0.1, 0.15) is 17.5 Å². The van der Waals surface area contributed by atoms with Crippen LogP contribution >= 0.6 is 27.3 Å². The first-order valence-electron chi connectivity index (χ1n) is 13.4. The van der Waals surface area contributed by atoms with Crippen molar-refractivity contribution in [2.24, 2.45) is 4.99 Å². The zero-order valence-corrected chi connectivity index (χ0v) is 25.8. The third-order valence-electron chi connectivity index (χ3n) is 6.81. The van der Waals surface area contributed by atoms with E-state index in [4.69, 9.17) is 14.5 Å². The van der Waals surface area contributed by atoms with Crippen molar-refractivity contribution < 1.29 is 19.4 Å². The summed E-state index contributed by atoms with van der Waals surface area (Å²) in [5, 5.41) is 10.8. The van der Waals surface area contributed by atoms with Crippen LogP contribution in [0.25, 0.3) is 6.08 Å². The molecule has 3 aromatic rings. The number of methoxy groups -OCH3 is 1. The summed E-state index contributed by atoms with van der Waals surface area (Å²) < 4.78 is 13.9. The first kappa shape index (κ1) is 29.6. The largest absolute Gasteiger partial charge is 0.507 e. The molecule has 0 unspecified atom stereocenters. The number of allylic oxidation sites excluding steroid dienone is 1. The minimum atomic E-state index is -0.801. The van der Waals surface area contributed by atoms with Gasteiger partial charge in [-0.2, -0.15) is 0 Å². The molecule has 212 valence electrons. The summed E-state index contributed by atoms with van der Waals surface area (Å²) in [5.74, 6) is 0.104. The van der Waals surface area contributed by atoms with Gasteiger partial charge in [0, 0.05) is 40.4 Å². The van der Waals surface area contributed by atoms with Crippen molar-refractivity contribution in [3.8, 4) is 11.5 Å². The van der Waals surface area contributed by atoms with Crippen LogP contribution < -0.4 is 24.5 Å². The fourth-order valence-electron chi connectivity index (χ4n) is 4.91. The molecule has 0 fully saturated rings. The van der Waals surface area contributed by atoms with E-state index in [-0.39, 0.29) is 17.9 Å². The van der Waals surface area contributed by atoms with Crippen molar-refractivity contribution in [2.75, 3.05) is 31.7 Å². The maximum absolute atomic E-state index is 14.0. The predicted octanol–water partition coefficient (Wildman–Crippen LogP) is 4.90. The molecule has 0 radical (unpaired) electrons. The fraction of sp³-hybridized carbons (Fsp3) is 0.367. The van der Waals surface area contributed by atoms with Crippen molar-refractivity contribution in [3.63, 3.8) is 0 Å². The molecule has 8 nitrogen and oxygen atoms in total. The molecule has 1 atom stereocenters. The van der Waals surface area contributed by atoms with Crippen molar-refractivity contribution >= 4 is 45.0 Å². The van der Waals surface area contributed by atoms with E-state index in [9.17, 15) is 14.7 Å². The second kappa shape index (κ2) is 12.9. The van der Waals surface area contributed by atoms with E-state index in [1.165, 1.54) is 15.9 Å². The summed E-state index contributed by atoms with van der Waals surface area (Å²) in [4.78, 5) is 34.8. The number of phenols is 1. The number of aromatic nitrogens is 1. The first-order valence-corrected chi connectivity index (χ1v) is 15.0. The molecule has 1 aromatic heterocycles. The molecule has 2 heterocycles. The minimum absolute atomic E-state index is 0.0827. The molecule has 4 rings (SSSR count). The van der Waals surface area contributed by atoms with Gasteiger partial charge >= 0.3 is 5.97 Å². The Labute approximate surface area is 246 Å². The number of thiazole rings is 1. The van der Waals surface area contributed by atoms with Crippen LogP contribution in [0.15, 0.2) is 61.9 Å². The zero-order valence-electron chi connectivity index (χ0n) is 23.4. The topological polar surface area (TPSA) is 93.4 Å². The minimum Gasteiger partial charge on any atom is -0.507 e. The van der Waals surface area contributed by atoms with E-state index in [1.807, 2.05) is 31.2 Å². The molecular weight excluding hydrogens is 594 g/mol. The van der Waals surface area contributed by atoms with Crippen molar-refractivity contribution in [3.05, 3.63) is 83.0 Å². The van der Waals surface area contributed by atoms with Crippen LogP contribution in [0.4, 0.5) is 5.69 Å². The Hall–Kier alpha value is -3.37. The van der Waals surface area contributed by atoms with Crippen LogP contribution in [0.3, 0.4) is 0 Å². The van der Waals surface area contributed by atoms with Crippen molar-refractivity contribution in [2.45, 2.75) is 46.6 Å². The summed E-state index contributed by atoms with van der Waals surface area (Å²) in [7, 11) is 1.56. The second-order valence-corrected chi connectivity index (χ2v) is 11.1. The Balaban J connectivity index is 1.98. The first-order chi connectivity index (χ1) is 19.3. The van der Waals surface area contributed by atoms with Gasteiger partial charge in [-0.15, -0.1) is 0 Å². The highest BCUT2D eigenvalue weighted by Gasteiger charge is 2.36. The number of hydrogen-bond acceptors (Lipinski definition) is 8. The van der Waals surface area contributed by atoms with Crippen LogP contribution in [-0.2, 0) is 9.53 Å². The molecule has 0 amide bonds. The lowest BCUT2D eigenvalue weighted by Crippen LogP contribution is -2.40. The molecule has 2 aromatic carbocycles. The SMILES string of the molecule is CCCC1=C(C(=O)OCC)[C@@H](c2cc(Br)ccc2OC)n2c(s/c(=C/c3ccc(N(CC)CC)cc3O)c2=O)=N1. The van der Waals surface area contributed by atoms with Gasteiger partial charge in [0.05, 0.1) is 29.5 Å². The van der Waals surface area contributed by atoms with Crippen LogP contribution in [-0.4, -0.2) is 42.4 Å². The Morgan fingerprint density at radius 3 is 2.55 bits per heavy atom. The summed E-state index contributed by atoms with van der Waals surface area (Å²) in [6.45, 7) is 9.70. The van der Waals surface area contributed by atoms with Crippen LogP contribution in [0.2, 0.25) is 0 Å². The lowest BCUT2D eigenvalue weighted by atomic mass is 9.93. The monoisotopic (exact) mass is 627 g/mol. The lowest BCUT2D eigenvalue weighted by Gasteiger charge is -2.27. The Morgan fingerprint density at radius 1 is 1.18 bits per heavy atom. The number of anilines is 1. The van der Waals surface area contributed by atoms with Gasteiger partial charge in [-0.25, -0.2) is 9.79 Å². The van der Waals surface area contributed by atoms with Crippen LogP contribution in [0, 0.1) is 0 Å². The molecule has 1 N–H and O–H groups in total. The smallest absolute Gasteiger partial charge is 0.338 e. The number of halogens is 1. The van der Waals surface area contributed by atoms with Gasteiger partial charge in [-0.1, -0.05) is 40.6 Å². The maximum Gasteiger partial charge on any atom is 0.338 e. The number of hydrogen-bond donors (Lipinski definition) is 1. The third-order valence-corrected chi connectivity index (χ3v) is 8.28. The summed E-state index contributed by atoms with van der Waals surface area (Å²) in [5.41, 5.74) is 2.67. The highest BCUT2D eigenvalue weighted by atomic mass is 79.9. The molecule has 0 bridgehead atoms. The van der Waals surface area contributed by atoms with E-state index < -0.39 is 12.0 Å². The third kappa shape index (κ3) is 5.74. The van der Waals surface area contributed by atoms with Gasteiger partial charge in [0.15, 0.2) is 4.80 Å². The number of benzene rings is 2. The molecule has 0 saturated carbocycles. The Morgan fingerprint density at radius 2 is 1.93 bits per heavy atom. The normalized spacial score (nSPS) is 15.1. The van der Waals surface area contributed by atoms with Gasteiger partial charge in [-0.3, -0.25) is 9.36 Å². The Kier molecular flexibility index (Phi) is 9.52. The molecule has 1 aliphatic heterocycles. The quantitative estimate of drug-likeness (QED) is 0.321. The number of ether oxygens (including phenoxy) is 2. The molecule has 10 heteroatoms. The molecule has 40 heavy (non-hydrogen) atoms. The average Bonchev–Trinajstić information content (AvgIpc) is 3.24. The molecule has 0 aliphatic carbocycles. The summed E-state index contributed by atoms with van der Waals surface area (Å²) in [6.07, 6.45) is 2.97. The van der Waals surface area contributed by atoms with Crippen molar-refractivity contribution in [1.29, 1.82) is 0 Å². The van der Waals surface area contributed by atoms with Gasteiger partial charge in [0.2, 0.25) is 0 Å². The summed E-state index contributed by atoms with van der Waals surface area (Å²) in [6, 6.07) is 10.1. The van der Waals surface area contributed by atoms with E-state index >= 15 is 0 Å². The number of nitrogens with zero attached hydrogens (tertiary/aromatic N) is 3. The maximum atomic E-state index is 14.0. The molecular formula is C30H34BrN3O5S. The van der Waals surface area contributed by atoms with Gasteiger partial charge in [0.25, 0.3) is 5.56 Å². The van der Waals surface area contributed by atoms with Crippen molar-refractivity contribution in [1.82, 2.24) is 4.57 Å². The summed E-state index contributed by atoms with van der Waals surface area (Å²) >= 11 is 4.76. The van der Waals surface area contributed by atoms with Gasteiger partial charge in [-0.05, 0) is 63.6 Å². The number of esters is 1. The fourth-order valence-corrected chi connectivity index (χ4v) is 6.30. The molecule has 0 saturated heterocycles. The van der Waals surface area contributed by atoms with Crippen LogP contribution in [0.1, 0.15) is 57.7 Å². The van der Waals surface area contributed by atoms with E-state index in [1.54, 1.807) is 32.2 Å². The number of fused-ring (bicyclic) bond motifs is 1. The number of carbonyl (C=O) groups excluding carboxylic acids is 1. The standard InChI is InChI=1S/C30H34BrN3O5S/c1-6-10-22-26(29(37)39-9-4)27(21-16-19(31)12-14-24(21)38-5)34-28(36)25(40-30(34)32-22)15-18-11-13-20(17-23(18)35)33(7-2)8-3/h11-17,27,35H,6-10H2,1-5H3/b25-15+/t27-/m1/s1. The highest BCUT2D eigenvalue weighted by Crippen LogP contribution is 2.38. The number of phenolic OH excluding ortho intramolecular Hbond substituents is 1. The number of carbonyl (C=O) groups is 1.